The maximum absolute atomic E-state index is 9.39. The Morgan fingerprint density at radius 3 is 2.62 bits per heavy atom. The molecule has 1 aromatic rings. The second-order valence-electron chi connectivity index (χ2n) is 3.54. The third kappa shape index (κ3) is 4.47. The Hall–Kier alpha value is -1.32. The van der Waals surface area contributed by atoms with Crippen LogP contribution in [-0.2, 0) is 11.3 Å². The minimum Gasteiger partial charge on any atom is -0.497 e. The van der Waals surface area contributed by atoms with Gasteiger partial charge in [-0.2, -0.15) is 0 Å². The average molecular weight is 222 g/mol. The van der Waals surface area contributed by atoms with Crippen LogP contribution >= 0.6 is 0 Å². The zero-order chi connectivity index (χ0) is 11.8. The van der Waals surface area contributed by atoms with E-state index < -0.39 is 6.10 Å². The molecule has 3 nitrogen and oxygen atoms in total. The summed E-state index contributed by atoms with van der Waals surface area (Å²) in [5, 5.41) is 9.39. The van der Waals surface area contributed by atoms with E-state index in [4.69, 9.17) is 9.47 Å². The van der Waals surface area contributed by atoms with Crippen molar-refractivity contribution in [3.8, 4) is 5.75 Å². The van der Waals surface area contributed by atoms with E-state index in [2.05, 4.69) is 6.58 Å². The Kier molecular flexibility index (Phi) is 5.61. The van der Waals surface area contributed by atoms with Gasteiger partial charge in [0, 0.05) is 0 Å². The number of benzene rings is 1. The third-order valence-electron chi connectivity index (χ3n) is 2.18. The lowest BCUT2D eigenvalue weighted by Crippen LogP contribution is -2.13. The lowest BCUT2D eigenvalue weighted by atomic mass is 10.2. The van der Waals surface area contributed by atoms with E-state index in [9.17, 15) is 5.11 Å². The first-order chi connectivity index (χ1) is 7.76. The quantitative estimate of drug-likeness (QED) is 0.718. The van der Waals surface area contributed by atoms with Gasteiger partial charge in [-0.05, 0) is 24.1 Å². The molecule has 88 valence electrons. The minimum absolute atomic E-state index is 0.331. The van der Waals surface area contributed by atoms with Gasteiger partial charge in [0.1, 0.15) is 5.75 Å². The van der Waals surface area contributed by atoms with Crippen LogP contribution in [-0.4, -0.2) is 24.9 Å². The lowest BCUT2D eigenvalue weighted by molar-refractivity contribution is 0.0301. The van der Waals surface area contributed by atoms with Gasteiger partial charge in [0.05, 0.1) is 26.4 Å². The van der Waals surface area contributed by atoms with Crippen LogP contribution in [0, 0.1) is 0 Å². The van der Waals surface area contributed by atoms with Crippen LogP contribution in [0.4, 0.5) is 0 Å². The molecule has 0 aliphatic heterocycles. The van der Waals surface area contributed by atoms with E-state index in [1.165, 1.54) is 0 Å². The molecule has 0 aromatic heterocycles. The summed E-state index contributed by atoms with van der Waals surface area (Å²) in [6.07, 6.45) is 1.78. The Balaban J connectivity index is 2.28. The van der Waals surface area contributed by atoms with Crippen LogP contribution in [0.25, 0.3) is 0 Å². The van der Waals surface area contributed by atoms with Gasteiger partial charge < -0.3 is 14.6 Å². The molecule has 0 aliphatic rings. The van der Waals surface area contributed by atoms with Crippen molar-refractivity contribution in [2.75, 3.05) is 13.7 Å². The fourth-order valence-corrected chi connectivity index (χ4v) is 1.30. The van der Waals surface area contributed by atoms with Crippen molar-refractivity contribution in [2.24, 2.45) is 0 Å². The molecule has 0 spiro atoms. The van der Waals surface area contributed by atoms with Crippen molar-refractivity contribution in [3.63, 3.8) is 0 Å². The Labute approximate surface area is 96.3 Å². The minimum atomic E-state index is -0.462. The van der Waals surface area contributed by atoms with Crippen LogP contribution in [0.3, 0.4) is 0 Å². The number of aliphatic hydroxyl groups excluding tert-OH is 1. The van der Waals surface area contributed by atoms with E-state index in [0.717, 1.165) is 11.3 Å². The number of aliphatic hydroxyl groups is 1. The summed E-state index contributed by atoms with van der Waals surface area (Å²) in [5.74, 6) is 0.829. The number of hydrogen-bond acceptors (Lipinski definition) is 3. The van der Waals surface area contributed by atoms with Crippen LogP contribution in [0.5, 0.6) is 5.75 Å². The maximum atomic E-state index is 9.39. The smallest absolute Gasteiger partial charge is 0.118 e. The SMILES string of the molecule is C=CC[C@@H](O)COCc1ccc(OC)cc1. The third-order valence-corrected chi connectivity index (χ3v) is 2.18. The fourth-order valence-electron chi connectivity index (χ4n) is 1.30. The monoisotopic (exact) mass is 222 g/mol. The molecule has 0 bridgehead atoms. The summed E-state index contributed by atoms with van der Waals surface area (Å²) in [7, 11) is 1.64. The highest BCUT2D eigenvalue weighted by molar-refractivity contribution is 5.26. The topological polar surface area (TPSA) is 38.7 Å². The Morgan fingerprint density at radius 2 is 2.06 bits per heavy atom. The van der Waals surface area contributed by atoms with Gasteiger partial charge in [0.2, 0.25) is 0 Å². The van der Waals surface area contributed by atoms with E-state index in [1.54, 1.807) is 13.2 Å². The highest BCUT2D eigenvalue weighted by Crippen LogP contribution is 2.12. The second-order valence-corrected chi connectivity index (χ2v) is 3.54. The molecule has 0 saturated carbocycles. The summed E-state index contributed by atoms with van der Waals surface area (Å²) >= 11 is 0. The molecule has 3 heteroatoms. The summed E-state index contributed by atoms with van der Waals surface area (Å²) < 4.78 is 10.4. The summed E-state index contributed by atoms with van der Waals surface area (Å²) in [4.78, 5) is 0. The van der Waals surface area contributed by atoms with Crippen LogP contribution in [0.2, 0.25) is 0 Å². The number of ether oxygens (including phenoxy) is 2. The Morgan fingerprint density at radius 1 is 1.38 bits per heavy atom. The van der Waals surface area contributed by atoms with Crippen molar-refractivity contribution in [3.05, 3.63) is 42.5 Å². The molecule has 0 saturated heterocycles. The van der Waals surface area contributed by atoms with Crippen molar-refractivity contribution in [2.45, 2.75) is 19.1 Å². The second kappa shape index (κ2) is 7.04. The van der Waals surface area contributed by atoms with Gasteiger partial charge in [-0.15, -0.1) is 6.58 Å². The summed E-state index contributed by atoms with van der Waals surface area (Å²) in [6, 6.07) is 7.66. The molecule has 0 fully saturated rings. The van der Waals surface area contributed by atoms with Crippen molar-refractivity contribution >= 4 is 0 Å². The number of hydrogen-bond donors (Lipinski definition) is 1. The average Bonchev–Trinajstić information content (AvgIpc) is 2.30. The first-order valence-electron chi connectivity index (χ1n) is 5.26. The Bertz CT molecular complexity index is 305. The normalized spacial score (nSPS) is 12.1. The highest BCUT2D eigenvalue weighted by atomic mass is 16.5. The largest absolute Gasteiger partial charge is 0.497 e. The zero-order valence-corrected chi connectivity index (χ0v) is 9.56. The standard InChI is InChI=1S/C13H18O3/c1-3-4-12(14)10-16-9-11-5-7-13(15-2)8-6-11/h3,5-8,12,14H,1,4,9-10H2,2H3/t12-/m1/s1. The number of methoxy groups -OCH3 is 1. The van der Waals surface area contributed by atoms with Gasteiger partial charge in [-0.25, -0.2) is 0 Å². The summed E-state index contributed by atoms with van der Waals surface area (Å²) in [5.41, 5.74) is 1.06. The lowest BCUT2D eigenvalue weighted by Gasteiger charge is -2.09. The summed E-state index contributed by atoms with van der Waals surface area (Å²) in [6.45, 7) is 4.39. The van der Waals surface area contributed by atoms with E-state index in [-0.39, 0.29) is 0 Å². The maximum Gasteiger partial charge on any atom is 0.118 e. The molecule has 1 rings (SSSR count). The van der Waals surface area contributed by atoms with Crippen molar-refractivity contribution < 1.29 is 14.6 Å². The van der Waals surface area contributed by atoms with E-state index in [0.29, 0.717) is 19.6 Å². The van der Waals surface area contributed by atoms with Gasteiger partial charge in [0.25, 0.3) is 0 Å². The molecule has 0 heterocycles. The molecule has 1 aromatic carbocycles. The fraction of sp³-hybridized carbons (Fsp3) is 0.385. The van der Waals surface area contributed by atoms with Gasteiger partial charge in [-0.1, -0.05) is 18.2 Å². The first kappa shape index (κ1) is 12.7. The molecular weight excluding hydrogens is 204 g/mol. The molecule has 1 N–H and O–H groups in total. The molecule has 0 unspecified atom stereocenters. The molecule has 16 heavy (non-hydrogen) atoms. The van der Waals surface area contributed by atoms with E-state index in [1.807, 2.05) is 24.3 Å². The number of rotatable bonds is 7. The molecule has 1 atom stereocenters. The molecule has 0 radical (unpaired) electrons. The van der Waals surface area contributed by atoms with Crippen LogP contribution < -0.4 is 4.74 Å². The van der Waals surface area contributed by atoms with Crippen molar-refractivity contribution in [1.82, 2.24) is 0 Å². The first-order valence-corrected chi connectivity index (χ1v) is 5.26. The van der Waals surface area contributed by atoms with Crippen LogP contribution in [0.15, 0.2) is 36.9 Å². The highest BCUT2D eigenvalue weighted by Gasteiger charge is 2.01. The van der Waals surface area contributed by atoms with Crippen LogP contribution in [0.1, 0.15) is 12.0 Å². The zero-order valence-electron chi connectivity index (χ0n) is 9.56. The molecular formula is C13H18O3. The molecule has 0 aliphatic carbocycles. The van der Waals surface area contributed by atoms with Gasteiger partial charge in [-0.3, -0.25) is 0 Å². The predicted octanol–water partition coefficient (Wildman–Crippen LogP) is 2.15. The predicted molar refractivity (Wildman–Crippen MR) is 63.5 cm³/mol. The van der Waals surface area contributed by atoms with Crippen molar-refractivity contribution in [1.29, 1.82) is 0 Å². The van der Waals surface area contributed by atoms with Gasteiger partial charge in [0.15, 0.2) is 0 Å². The van der Waals surface area contributed by atoms with Gasteiger partial charge >= 0.3 is 0 Å². The molecule has 0 amide bonds. The van der Waals surface area contributed by atoms with E-state index >= 15 is 0 Å².